The summed E-state index contributed by atoms with van der Waals surface area (Å²) in [6, 6.07) is 0. The molecule has 0 aromatic carbocycles. The summed E-state index contributed by atoms with van der Waals surface area (Å²) in [6.07, 6.45) is 4.21. The van der Waals surface area contributed by atoms with Gasteiger partial charge in [0, 0.05) is 11.4 Å². The highest BCUT2D eigenvalue weighted by Gasteiger charge is 1.95. The van der Waals surface area contributed by atoms with Crippen LogP contribution in [0.4, 0.5) is 0 Å². The summed E-state index contributed by atoms with van der Waals surface area (Å²) in [7, 11) is 4.18. The van der Waals surface area contributed by atoms with Crippen LogP contribution in [0.15, 0.2) is 10.3 Å². The predicted molar refractivity (Wildman–Crippen MR) is 53.7 cm³/mol. The Morgan fingerprint density at radius 2 is 2.00 bits per heavy atom. The minimum atomic E-state index is 1.06. The largest absolute Gasteiger partial charge is 0.305 e. The third-order valence-electron chi connectivity index (χ3n) is 0.984. The fourth-order valence-corrected chi connectivity index (χ4v) is 1.99. The minimum absolute atomic E-state index is 1.06. The monoisotopic (exact) mass is 177 g/mol. The summed E-state index contributed by atoms with van der Waals surface area (Å²) in [5.74, 6) is 0. The van der Waals surface area contributed by atoms with Crippen molar-refractivity contribution in [3.63, 3.8) is 0 Å². The molecule has 0 atom stereocenters. The van der Waals surface area contributed by atoms with Crippen molar-refractivity contribution in [1.82, 2.24) is 4.90 Å². The Morgan fingerprint density at radius 3 is 2.30 bits per heavy atom. The molecule has 0 aliphatic rings. The van der Waals surface area contributed by atoms with E-state index in [1.165, 1.54) is 4.91 Å². The molecule has 0 rings (SSSR count). The lowest BCUT2D eigenvalue weighted by Gasteiger charge is -2.10. The molecule has 0 fully saturated rings. The van der Waals surface area contributed by atoms with Gasteiger partial charge in [0.2, 0.25) is 0 Å². The zero-order valence-electron chi connectivity index (χ0n) is 7.05. The molecular weight excluding hydrogens is 162 g/mol. The van der Waals surface area contributed by atoms with E-state index in [0.717, 1.165) is 6.54 Å². The van der Waals surface area contributed by atoms with E-state index < -0.39 is 0 Å². The van der Waals surface area contributed by atoms with Crippen molar-refractivity contribution >= 4 is 23.5 Å². The first-order chi connectivity index (χ1) is 4.70. The van der Waals surface area contributed by atoms with Crippen LogP contribution in [0.5, 0.6) is 0 Å². The summed E-state index contributed by atoms with van der Waals surface area (Å²) in [4.78, 5) is 3.61. The van der Waals surface area contributed by atoms with Gasteiger partial charge in [-0.25, -0.2) is 0 Å². The lowest BCUT2D eigenvalue weighted by molar-refractivity contribution is 0.454. The molecular formula is C7H15NS2. The van der Waals surface area contributed by atoms with Crippen LogP contribution in [0.25, 0.3) is 0 Å². The van der Waals surface area contributed by atoms with E-state index in [9.17, 15) is 0 Å². The Hall–Kier alpha value is 0.400. The quantitative estimate of drug-likeness (QED) is 0.647. The van der Waals surface area contributed by atoms with Gasteiger partial charge in [0.15, 0.2) is 0 Å². The van der Waals surface area contributed by atoms with E-state index in [1.54, 1.807) is 11.8 Å². The van der Waals surface area contributed by atoms with Crippen LogP contribution in [0.3, 0.4) is 0 Å². The summed E-state index contributed by atoms with van der Waals surface area (Å²) in [5.41, 5.74) is 0. The smallest absolute Gasteiger partial charge is 0.0292 e. The van der Waals surface area contributed by atoms with Crippen molar-refractivity contribution in [1.29, 1.82) is 0 Å². The van der Waals surface area contributed by atoms with Gasteiger partial charge in [0.25, 0.3) is 0 Å². The molecule has 1 nitrogen and oxygen atoms in total. The third kappa shape index (κ3) is 5.21. The van der Waals surface area contributed by atoms with Crippen LogP contribution < -0.4 is 0 Å². The van der Waals surface area contributed by atoms with Crippen molar-refractivity contribution in [2.75, 3.05) is 33.2 Å². The molecule has 0 aliphatic carbocycles. The van der Waals surface area contributed by atoms with Crippen molar-refractivity contribution in [2.24, 2.45) is 0 Å². The fourth-order valence-electron chi connectivity index (χ4n) is 0.593. The topological polar surface area (TPSA) is 3.24 Å². The van der Waals surface area contributed by atoms with Gasteiger partial charge in [-0.15, -0.1) is 23.5 Å². The van der Waals surface area contributed by atoms with E-state index in [1.807, 2.05) is 11.8 Å². The minimum Gasteiger partial charge on any atom is -0.305 e. The fraction of sp³-hybridized carbons (Fsp3) is 0.714. The summed E-state index contributed by atoms with van der Waals surface area (Å²) < 4.78 is 0. The SMILES string of the molecule is CS/C=C(/CN(C)C)SC. The van der Waals surface area contributed by atoms with Gasteiger partial charge in [-0.2, -0.15) is 0 Å². The maximum absolute atomic E-state index is 2.20. The highest BCUT2D eigenvalue weighted by atomic mass is 32.2. The van der Waals surface area contributed by atoms with Crippen molar-refractivity contribution < 1.29 is 0 Å². The van der Waals surface area contributed by atoms with Crippen molar-refractivity contribution in [2.45, 2.75) is 0 Å². The molecule has 0 aromatic rings. The van der Waals surface area contributed by atoms with Crippen LogP contribution >= 0.6 is 23.5 Å². The Bertz CT molecular complexity index is 110. The van der Waals surface area contributed by atoms with Gasteiger partial charge in [-0.3, -0.25) is 0 Å². The zero-order valence-corrected chi connectivity index (χ0v) is 8.68. The number of hydrogen-bond acceptors (Lipinski definition) is 3. The molecule has 0 amide bonds. The lowest BCUT2D eigenvalue weighted by atomic mass is 10.6. The Labute approximate surface area is 72.2 Å². The molecule has 60 valence electrons. The number of rotatable bonds is 4. The Kier molecular flexibility index (Phi) is 6.38. The molecule has 0 unspecified atom stereocenters. The zero-order chi connectivity index (χ0) is 7.98. The average Bonchev–Trinajstić information content (AvgIpc) is 1.86. The van der Waals surface area contributed by atoms with Gasteiger partial charge in [-0.1, -0.05) is 0 Å². The first-order valence-electron chi connectivity index (χ1n) is 3.11. The van der Waals surface area contributed by atoms with Gasteiger partial charge in [0.05, 0.1) is 0 Å². The molecule has 0 aromatic heterocycles. The number of nitrogens with zero attached hydrogens (tertiary/aromatic N) is 1. The first-order valence-corrected chi connectivity index (χ1v) is 5.62. The van der Waals surface area contributed by atoms with Crippen molar-refractivity contribution in [3.8, 4) is 0 Å². The van der Waals surface area contributed by atoms with Crippen LogP contribution in [0.1, 0.15) is 0 Å². The summed E-state index contributed by atoms with van der Waals surface area (Å²) in [5, 5.41) is 2.20. The van der Waals surface area contributed by atoms with Crippen LogP contribution in [-0.2, 0) is 0 Å². The summed E-state index contributed by atoms with van der Waals surface area (Å²) in [6.45, 7) is 1.06. The molecule has 0 saturated heterocycles. The van der Waals surface area contributed by atoms with E-state index in [4.69, 9.17) is 0 Å². The Balaban J connectivity index is 3.71. The first kappa shape index (κ1) is 10.4. The number of likely N-dealkylation sites (N-methyl/N-ethyl adjacent to an activating group) is 1. The van der Waals surface area contributed by atoms with Crippen LogP contribution in [0, 0.1) is 0 Å². The highest BCUT2D eigenvalue weighted by molar-refractivity contribution is 8.05. The molecule has 0 saturated carbocycles. The van der Waals surface area contributed by atoms with Gasteiger partial charge < -0.3 is 4.90 Å². The Morgan fingerprint density at radius 1 is 1.40 bits per heavy atom. The summed E-state index contributed by atoms with van der Waals surface area (Å²) >= 11 is 3.59. The predicted octanol–water partition coefficient (Wildman–Crippen LogP) is 2.12. The van der Waals surface area contributed by atoms with E-state index in [-0.39, 0.29) is 0 Å². The second-order valence-corrected chi connectivity index (χ2v) is 3.90. The van der Waals surface area contributed by atoms with E-state index >= 15 is 0 Å². The maximum Gasteiger partial charge on any atom is 0.0292 e. The highest BCUT2D eigenvalue weighted by Crippen LogP contribution is 2.15. The molecule has 0 heterocycles. The maximum atomic E-state index is 2.20. The van der Waals surface area contributed by atoms with Crippen LogP contribution in [0.2, 0.25) is 0 Å². The van der Waals surface area contributed by atoms with E-state index in [0.29, 0.717) is 0 Å². The number of hydrogen-bond donors (Lipinski definition) is 0. The normalized spacial score (nSPS) is 12.7. The molecule has 0 spiro atoms. The van der Waals surface area contributed by atoms with Gasteiger partial charge >= 0.3 is 0 Å². The van der Waals surface area contributed by atoms with Gasteiger partial charge in [0.1, 0.15) is 0 Å². The number of thioether (sulfide) groups is 2. The van der Waals surface area contributed by atoms with Crippen molar-refractivity contribution in [3.05, 3.63) is 10.3 Å². The van der Waals surface area contributed by atoms with E-state index in [2.05, 4.69) is 36.9 Å². The second-order valence-electron chi connectivity index (χ2n) is 2.26. The lowest BCUT2D eigenvalue weighted by Crippen LogP contribution is -2.13. The molecule has 0 N–H and O–H groups in total. The standard InChI is InChI=1S/C7H15NS2/c1-8(2)5-7(10-4)6-9-3/h6H,5H2,1-4H3/b7-6-. The molecule has 0 radical (unpaired) electrons. The molecule has 0 bridgehead atoms. The molecule has 0 aliphatic heterocycles. The van der Waals surface area contributed by atoms with Crippen LogP contribution in [-0.4, -0.2) is 38.1 Å². The average molecular weight is 177 g/mol. The molecule has 10 heavy (non-hydrogen) atoms. The van der Waals surface area contributed by atoms with Gasteiger partial charge in [-0.05, 0) is 32.0 Å². The molecule has 3 heteroatoms. The third-order valence-corrected chi connectivity index (χ3v) is 2.42. The second kappa shape index (κ2) is 6.13.